The average Bonchev–Trinajstić information content (AvgIpc) is 2.45. The van der Waals surface area contributed by atoms with Crippen LogP contribution in [0.4, 0.5) is 0 Å². The van der Waals surface area contributed by atoms with Crippen molar-refractivity contribution in [2.45, 2.75) is 45.6 Å². The van der Waals surface area contributed by atoms with Crippen molar-refractivity contribution in [1.29, 1.82) is 0 Å². The van der Waals surface area contributed by atoms with Crippen LogP contribution in [-0.2, 0) is 9.59 Å². The van der Waals surface area contributed by atoms with Crippen molar-refractivity contribution in [2.24, 2.45) is 5.92 Å². The first-order chi connectivity index (χ1) is 9.60. The van der Waals surface area contributed by atoms with Crippen molar-refractivity contribution < 1.29 is 14.7 Å². The lowest BCUT2D eigenvalue weighted by molar-refractivity contribution is -0.142. The highest BCUT2D eigenvalue weighted by Gasteiger charge is 2.25. The van der Waals surface area contributed by atoms with Crippen LogP contribution in [0.25, 0.3) is 0 Å². The standard InChI is InChI=1S/C16H23NO3/c1-3-8-13(9-4-2)15(18)17-14(16(19)20)12-10-6-5-7-11-12/h5-7,10-11,13-14H,3-4,8-9H2,1-2H3,(H,17,18)(H,19,20)/t14-/m0/s1. The summed E-state index contributed by atoms with van der Waals surface area (Å²) < 4.78 is 0. The minimum atomic E-state index is -1.03. The number of hydrogen-bond acceptors (Lipinski definition) is 2. The van der Waals surface area contributed by atoms with Crippen LogP contribution in [0.3, 0.4) is 0 Å². The summed E-state index contributed by atoms with van der Waals surface area (Å²) in [4.78, 5) is 23.6. The maximum atomic E-state index is 12.2. The molecule has 4 heteroatoms. The van der Waals surface area contributed by atoms with Crippen LogP contribution in [-0.4, -0.2) is 17.0 Å². The number of hydrogen-bond donors (Lipinski definition) is 2. The normalized spacial score (nSPS) is 12.2. The first-order valence-electron chi connectivity index (χ1n) is 7.18. The average molecular weight is 277 g/mol. The molecule has 1 atom stereocenters. The Hall–Kier alpha value is -1.84. The Morgan fingerprint density at radius 3 is 2.10 bits per heavy atom. The molecule has 1 rings (SSSR count). The zero-order valence-corrected chi connectivity index (χ0v) is 12.1. The van der Waals surface area contributed by atoms with Crippen molar-refractivity contribution in [3.05, 3.63) is 35.9 Å². The summed E-state index contributed by atoms with van der Waals surface area (Å²) in [6, 6.07) is 7.82. The number of carbonyl (C=O) groups excluding carboxylic acids is 1. The Labute approximate surface area is 120 Å². The van der Waals surface area contributed by atoms with Gasteiger partial charge in [-0.3, -0.25) is 4.79 Å². The highest BCUT2D eigenvalue weighted by Crippen LogP contribution is 2.18. The molecular weight excluding hydrogens is 254 g/mol. The number of benzene rings is 1. The first-order valence-corrected chi connectivity index (χ1v) is 7.18. The molecule has 4 nitrogen and oxygen atoms in total. The Bertz CT molecular complexity index is 425. The fourth-order valence-corrected chi connectivity index (χ4v) is 2.30. The van der Waals surface area contributed by atoms with Crippen LogP contribution in [0.2, 0.25) is 0 Å². The third-order valence-corrected chi connectivity index (χ3v) is 3.31. The summed E-state index contributed by atoms with van der Waals surface area (Å²) in [6.45, 7) is 4.06. The number of rotatable bonds is 8. The van der Waals surface area contributed by atoms with E-state index >= 15 is 0 Å². The maximum absolute atomic E-state index is 12.2. The third kappa shape index (κ3) is 4.68. The molecular formula is C16H23NO3. The van der Waals surface area contributed by atoms with Crippen molar-refractivity contribution in [3.8, 4) is 0 Å². The molecule has 0 unspecified atom stereocenters. The summed E-state index contributed by atoms with van der Waals surface area (Å²) in [5.41, 5.74) is 0.597. The smallest absolute Gasteiger partial charge is 0.330 e. The van der Waals surface area contributed by atoms with Crippen LogP contribution in [0.1, 0.15) is 51.1 Å². The lowest BCUT2D eigenvalue weighted by Crippen LogP contribution is -2.37. The molecule has 0 saturated carbocycles. The monoisotopic (exact) mass is 277 g/mol. The van der Waals surface area contributed by atoms with E-state index in [2.05, 4.69) is 5.32 Å². The summed E-state index contributed by atoms with van der Waals surface area (Å²) in [5, 5.41) is 12.0. The maximum Gasteiger partial charge on any atom is 0.330 e. The van der Waals surface area contributed by atoms with Gasteiger partial charge in [-0.25, -0.2) is 4.79 Å². The van der Waals surface area contributed by atoms with Gasteiger partial charge in [0, 0.05) is 5.92 Å². The van der Waals surface area contributed by atoms with E-state index in [0.717, 1.165) is 25.7 Å². The summed E-state index contributed by atoms with van der Waals surface area (Å²) in [6.07, 6.45) is 3.42. The lowest BCUT2D eigenvalue weighted by Gasteiger charge is -2.20. The molecule has 0 radical (unpaired) electrons. The number of carboxylic acids is 1. The van der Waals surface area contributed by atoms with E-state index in [1.54, 1.807) is 24.3 Å². The van der Waals surface area contributed by atoms with Gasteiger partial charge in [-0.2, -0.15) is 0 Å². The van der Waals surface area contributed by atoms with Gasteiger partial charge in [-0.15, -0.1) is 0 Å². The van der Waals surface area contributed by atoms with Gasteiger partial charge in [-0.05, 0) is 18.4 Å². The summed E-state index contributed by atoms with van der Waals surface area (Å²) >= 11 is 0. The molecule has 1 aromatic rings. The number of nitrogens with one attached hydrogen (secondary N) is 1. The zero-order chi connectivity index (χ0) is 15.0. The van der Waals surface area contributed by atoms with Crippen LogP contribution in [0.15, 0.2) is 30.3 Å². The van der Waals surface area contributed by atoms with Crippen LogP contribution >= 0.6 is 0 Å². The van der Waals surface area contributed by atoms with Gasteiger partial charge in [0.15, 0.2) is 6.04 Å². The molecule has 0 spiro atoms. The molecule has 1 aromatic carbocycles. The lowest BCUT2D eigenvalue weighted by atomic mass is 9.96. The Morgan fingerprint density at radius 1 is 1.10 bits per heavy atom. The van der Waals surface area contributed by atoms with Gasteiger partial charge in [0.25, 0.3) is 0 Å². The van der Waals surface area contributed by atoms with E-state index in [0.29, 0.717) is 5.56 Å². The largest absolute Gasteiger partial charge is 0.479 e. The van der Waals surface area contributed by atoms with Crippen molar-refractivity contribution in [3.63, 3.8) is 0 Å². The first kappa shape index (κ1) is 16.2. The minimum Gasteiger partial charge on any atom is -0.479 e. The van der Waals surface area contributed by atoms with Crippen LogP contribution in [0, 0.1) is 5.92 Å². The van der Waals surface area contributed by atoms with E-state index in [4.69, 9.17) is 0 Å². The second-order valence-corrected chi connectivity index (χ2v) is 4.96. The number of carbonyl (C=O) groups is 2. The fraction of sp³-hybridized carbons (Fsp3) is 0.500. The number of aliphatic carboxylic acids is 1. The molecule has 0 aliphatic heterocycles. The van der Waals surface area contributed by atoms with E-state index in [1.807, 2.05) is 19.9 Å². The molecule has 0 bridgehead atoms. The summed E-state index contributed by atoms with van der Waals surface area (Å²) in [7, 11) is 0. The number of amides is 1. The van der Waals surface area contributed by atoms with E-state index < -0.39 is 12.0 Å². The highest BCUT2D eigenvalue weighted by atomic mass is 16.4. The fourth-order valence-electron chi connectivity index (χ4n) is 2.30. The Morgan fingerprint density at radius 2 is 1.65 bits per heavy atom. The van der Waals surface area contributed by atoms with E-state index in [-0.39, 0.29) is 11.8 Å². The van der Waals surface area contributed by atoms with Crippen LogP contribution in [0.5, 0.6) is 0 Å². The second kappa shape index (κ2) is 8.35. The molecule has 0 aliphatic rings. The van der Waals surface area contributed by atoms with Crippen molar-refractivity contribution >= 4 is 11.9 Å². The molecule has 1 amide bonds. The van der Waals surface area contributed by atoms with E-state index in [9.17, 15) is 14.7 Å². The molecule has 0 fully saturated rings. The molecule has 0 heterocycles. The molecule has 0 aliphatic carbocycles. The van der Waals surface area contributed by atoms with E-state index in [1.165, 1.54) is 0 Å². The predicted octanol–water partition coefficient (Wildman–Crippen LogP) is 3.14. The van der Waals surface area contributed by atoms with Gasteiger partial charge in [-0.1, -0.05) is 57.0 Å². The van der Waals surface area contributed by atoms with Crippen molar-refractivity contribution in [1.82, 2.24) is 5.32 Å². The quantitative estimate of drug-likeness (QED) is 0.767. The highest BCUT2D eigenvalue weighted by molar-refractivity contribution is 5.85. The topological polar surface area (TPSA) is 66.4 Å². The minimum absolute atomic E-state index is 0.101. The SMILES string of the molecule is CCCC(CCC)C(=O)N[C@H](C(=O)O)c1ccccc1. The van der Waals surface area contributed by atoms with Gasteiger partial charge >= 0.3 is 5.97 Å². The summed E-state index contributed by atoms with van der Waals surface area (Å²) in [5.74, 6) is -1.29. The third-order valence-electron chi connectivity index (χ3n) is 3.31. The van der Waals surface area contributed by atoms with Crippen molar-refractivity contribution in [2.75, 3.05) is 0 Å². The molecule has 2 N–H and O–H groups in total. The van der Waals surface area contributed by atoms with Gasteiger partial charge in [0.2, 0.25) is 5.91 Å². The van der Waals surface area contributed by atoms with Gasteiger partial charge in [0.05, 0.1) is 0 Å². The molecule has 0 saturated heterocycles. The van der Waals surface area contributed by atoms with Crippen LogP contribution < -0.4 is 5.32 Å². The zero-order valence-electron chi connectivity index (χ0n) is 12.1. The van der Waals surface area contributed by atoms with Gasteiger partial charge in [0.1, 0.15) is 0 Å². The molecule has 110 valence electrons. The Balaban J connectivity index is 2.80. The second-order valence-electron chi connectivity index (χ2n) is 4.96. The molecule has 20 heavy (non-hydrogen) atoms. The predicted molar refractivity (Wildman–Crippen MR) is 78.3 cm³/mol. The van der Waals surface area contributed by atoms with Gasteiger partial charge < -0.3 is 10.4 Å². The number of carboxylic acid groups (broad SMARTS) is 1. The molecule has 0 aromatic heterocycles. The Kier molecular flexibility index (Phi) is 6.77.